The van der Waals surface area contributed by atoms with Crippen LogP contribution in [0.2, 0.25) is 0 Å². The predicted octanol–water partition coefficient (Wildman–Crippen LogP) is 2.09. The van der Waals surface area contributed by atoms with Gasteiger partial charge in [-0.3, -0.25) is 0 Å². The lowest BCUT2D eigenvalue weighted by atomic mass is 10.1. The van der Waals surface area contributed by atoms with Crippen molar-refractivity contribution in [1.82, 2.24) is 0 Å². The fraction of sp³-hybridized carbons (Fsp3) is 0.750. The Hall–Kier alpha value is -1.04. The van der Waals surface area contributed by atoms with E-state index in [1.807, 2.05) is 0 Å². The lowest BCUT2D eigenvalue weighted by Gasteiger charge is -1.99. The van der Waals surface area contributed by atoms with E-state index >= 15 is 0 Å². The summed E-state index contributed by atoms with van der Waals surface area (Å²) in [6.45, 7) is 2.08. The third kappa shape index (κ3) is 5.41. The Morgan fingerprint density at radius 1 is 1.55 bits per heavy atom. The van der Waals surface area contributed by atoms with Crippen molar-refractivity contribution in [1.29, 1.82) is 5.26 Å². The van der Waals surface area contributed by atoms with E-state index < -0.39 is 0 Å². The highest BCUT2D eigenvalue weighted by Gasteiger charge is 1.97. The molecule has 0 spiro atoms. The molecule has 0 unspecified atom stereocenters. The molecule has 0 aromatic carbocycles. The molecule has 62 valence electrons. The summed E-state index contributed by atoms with van der Waals surface area (Å²) in [6, 6.07) is 2.08. The lowest BCUT2D eigenvalue weighted by molar-refractivity contribution is 0.211. The van der Waals surface area contributed by atoms with E-state index in [2.05, 4.69) is 23.0 Å². The van der Waals surface area contributed by atoms with Crippen LogP contribution in [0, 0.1) is 11.3 Å². The van der Waals surface area contributed by atoms with Gasteiger partial charge in [0.15, 0.2) is 0 Å². The first-order valence-corrected chi connectivity index (χ1v) is 3.81. The summed E-state index contributed by atoms with van der Waals surface area (Å²) in [7, 11) is 1.53. The van der Waals surface area contributed by atoms with E-state index in [1.54, 1.807) is 0 Å². The van der Waals surface area contributed by atoms with Gasteiger partial charge in [0.25, 0.3) is 0 Å². The molecule has 0 bridgehead atoms. The predicted molar refractivity (Wildman–Crippen MR) is 44.2 cm³/mol. The van der Waals surface area contributed by atoms with E-state index in [0.717, 1.165) is 25.0 Å². The maximum atomic E-state index is 8.31. The van der Waals surface area contributed by atoms with E-state index in [-0.39, 0.29) is 0 Å². The Morgan fingerprint density at radius 3 is 2.73 bits per heavy atom. The zero-order chi connectivity index (χ0) is 8.53. The van der Waals surface area contributed by atoms with E-state index in [0.29, 0.717) is 6.42 Å². The number of nitrogens with zero attached hydrogens (tertiary/aromatic N) is 2. The monoisotopic (exact) mass is 154 g/mol. The minimum atomic E-state index is 0.530. The number of oxime groups is 1. The summed E-state index contributed by atoms with van der Waals surface area (Å²) in [4.78, 5) is 4.63. The number of hydrogen-bond acceptors (Lipinski definition) is 3. The van der Waals surface area contributed by atoms with Crippen LogP contribution in [0.3, 0.4) is 0 Å². The molecule has 11 heavy (non-hydrogen) atoms. The summed E-state index contributed by atoms with van der Waals surface area (Å²) < 4.78 is 0. The fourth-order valence-electron chi connectivity index (χ4n) is 0.834. The second-order valence-corrected chi connectivity index (χ2v) is 2.25. The van der Waals surface area contributed by atoms with Crippen molar-refractivity contribution < 1.29 is 4.84 Å². The van der Waals surface area contributed by atoms with Crippen molar-refractivity contribution in [2.45, 2.75) is 32.6 Å². The first kappa shape index (κ1) is 9.96. The number of rotatable bonds is 5. The summed E-state index contributed by atoms with van der Waals surface area (Å²) in [6.07, 6.45) is 3.24. The van der Waals surface area contributed by atoms with Crippen LogP contribution >= 0.6 is 0 Å². The van der Waals surface area contributed by atoms with E-state index in [1.165, 1.54) is 7.11 Å². The minimum absolute atomic E-state index is 0.530. The van der Waals surface area contributed by atoms with Crippen LogP contribution < -0.4 is 0 Å². The second kappa shape index (κ2) is 7.07. The van der Waals surface area contributed by atoms with Crippen molar-refractivity contribution in [3.8, 4) is 6.07 Å². The molecule has 0 heterocycles. The largest absolute Gasteiger partial charge is 0.399 e. The van der Waals surface area contributed by atoms with Gasteiger partial charge >= 0.3 is 0 Å². The summed E-state index contributed by atoms with van der Waals surface area (Å²) in [5.74, 6) is 0. The van der Waals surface area contributed by atoms with Gasteiger partial charge in [-0.05, 0) is 6.42 Å². The molecular weight excluding hydrogens is 140 g/mol. The van der Waals surface area contributed by atoms with Crippen molar-refractivity contribution in [2.75, 3.05) is 7.11 Å². The van der Waals surface area contributed by atoms with Crippen LogP contribution in [0.5, 0.6) is 0 Å². The minimum Gasteiger partial charge on any atom is -0.399 e. The zero-order valence-corrected chi connectivity index (χ0v) is 7.13. The normalized spacial score (nSPS) is 10.8. The molecule has 0 aliphatic heterocycles. The molecule has 0 aliphatic carbocycles. The Bertz CT molecular complexity index is 158. The smallest absolute Gasteiger partial charge is 0.106 e. The fourth-order valence-corrected chi connectivity index (χ4v) is 0.834. The van der Waals surface area contributed by atoms with Gasteiger partial charge in [-0.2, -0.15) is 5.26 Å². The molecule has 0 saturated heterocycles. The average Bonchev–Trinajstić information content (AvgIpc) is 2.01. The van der Waals surface area contributed by atoms with Gasteiger partial charge in [-0.1, -0.05) is 18.5 Å². The van der Waals surface area contributed by atoms with Gasteiger partial charge in [-0.15, -0.1) is 0 Å². The van der Waals surface area contributed by atoms with Crippen molar-refractivity contribution in [2.24, 2.45) is 5.16 Å². The van der Waals surface area contributed by atoms with Gasteiger partial charge in [-0.25, -0.2) is 0 Å². The van der Waals surface area contributed by atoms with Crippen molar-refractivity contribution >= 4 is 5.71 Å². The molecule has 0 aromatic rings. The van der Waals surface area contributed by atoms with Crippen molar-refractivity contribution in [3.63, 3.8) is 0 Å². The molecule has 0 aliphatic rings. The molecule has 0 atom stereocenters. The lowest BCUT2D eigenvalue weighted by Crippen LogP contribution is -1.97. The van der Waals surface area contributed by atoms with Gasteiger partial charge in [0, 0.05) is 12.8 Å². The van der Waals surface area contributed by atoms with Gasteiger partial charge in [0.1, 0.15) is 7.11 Å². The maximum absolute atomic E-state index is 8.31. The third-order valence-electron chi connectivity index (χ3n) is 1.28. The number of hydrogen-bond donors (Lipinski definition) is 0. The van der Waals surface area contributed by atoms with Gasteiger partial charge in [0.2, 0.25) is 0 Å². The molecule has 0 fully saturated rings. The van der Waals surface area contributed by atoms with Crippen LogP contribution in [0.4, 0.5) is 0 Å². The molecule has 0 amide bonds. The summed E-state index contributed by atoms with van der Waals surface area (Å²) >= 11 is 0. The summed E-state index contributed by atoms with van der Waals surface area (Å²) in [5.41, 5.74) is 0.983. The molecule has 3 nitrogen and oxygen atoms in total. The average molecular weight is 154 g/mol. The van der Waals surface area contributed by atoms with Crippen LogP contribution in [0.1, 0.15) is 32.6 Å². The Labute approximate surface area is 67.6 Å². The first-order valence-electron chi connectivity index (χ1n) is 3.81. The molecule has 3 heteroatoms. The molecule has 0 radical (unpaired) electrons. The van der Waals surface area contributed by atoms with Gasteiger partial charge < -0.3 is 4.84 Å². The number of nitriles is 1. The molecular formula is C8H14N2O. The highest BCUT2D eigenvalue weighted by molar-refractivity contribution is 5.84. The Kier molecular flexibility index (Phi) is 6.40. The van der Waals surface area contributed by atoms with Crippen LogP contribution in [0.25, 0.3) is 0 Å². The molecule has 0 saturated carbocycles. The van der Waals surface area contributed by atoms with Gasteiger partial charge in [0.05, 0.1) is 11.8 Å². The SMILES string of the molecule is CCC/C(CCC#N)=N\OC. The third-order valence-corrected chi connectivity index (χ3v) is 1.28. The van der Waals surface area contributed by atoms with E-state index in [9.17, 15) is 0 Å². The first-order chi connectivity index (χ1) is 5.35. The maximum Gasteiger partial charge on any atom is 0.106 e. The molecule has 0 aromatic heterocycles. The highest BCUT2D eigenvalue weighted by Crippen LogP contribution is 2.00. The topological polar surface area (TPSA) is 45.4 Å². The van der Waals surface area contributed by atoms with Crippen LogP contribution in [0.15, 0.2) is 5.16 Å². The molecule has 0 N–H and O–H groups in total. The van der Waals surface area contributed by atoms with E-state index in [4.69, 9.17) is 5.26 Å². The Balaban J connectivity index is 3.71. The van der Waals surface area contributed by atoms with Crippen molar-refractivity contribution in [3.05, 3.63) is 0 Å². The summed E-state index contributed by atoms with van der Waals surface area (Å²) in [5, 5.41) is 12.1. The van der Waals surface area contributed by atoms with Crippen LogP contribution in [-0.2, 0) is 4.84 Å². The standard InChI is InChI=1S/C8H14N2O/c1-3-5-8(10-11-2)6-4-7-9/h3-6H2,1-2H3/b10-8+. The molecule has 0 rings (SSSR count). The second-order valence-electron chi connectivity index (χ2n) is 2.25. The highest BCUT2D eigenvalue weighted by atomic mass is 16.6. The quantitative estimate of drug-likeness (QED) is 0.449. The Morgan fingerprint density at radius 2 is 2.27 bits per heavy atom. The van der Waals surface area contributed by atoms with Crippen LogP contribution in [-0.4, -0.2) is 12.8 Å². The zero-order valence-electron chi connectivity index (χ0n) is 7.13.